The van der Waals surface area contributed by atoms with E-state index < -0.39 is 0 Å². The fraction of sp³-hybridized carbons (Fsp3) is 1.00. The van der Waals surface area contributed by atoms with Gasteiger partial charge >= 0.3 is 0 Å². The molecule has 0 heterocycles. The van der Waals surface area contributed by atoms with Gasteiger partial charge in [-0.2, -0.15) is 0 Å². The molecule has 2 aliphatic carbocycles. The van der Waals surface area contributed by atoms with E-state index in [1.54, 1.807) is 0 Å². The molecule has 2 rings (SSSR count). The fourth-order valence-corrected chi connectivity index (χ4v) is 4.43. The SMILES string of the molecule is CC1CCC(C2(C)CCCCC2)C(C)C1. The van der Waals surface area contributed by atoms with Gasteiger partial charge in [-0.05, 0) is 48.9 Å². The van der Waals surface area contributed by atoms with Crippen molar-refractivity contribution >= 4 is 0 Å². The molecule has 15 heavy (non-hydrogen) atoms. The largest absolute Gasteiger partial charge is 0.0625 e. The second kappa shape index (κ2) is 4.47. The minimum Gasteiger partial charge on any atom is -0.0625 e. The molecule has 0 nitrogen and oxygen atoms in total. The molecular weight excluding hydrogens is 180 g/mol. The zero-order valence-electron chi connectivity index (χ0n) is 10.9. The first-order valence-electron chi connectivity index (χ1n) is 7.12. The Balaban J connectivity index is 2.01. The summed E-state index contributed by atoms with van der Waals surface area (Å²) in [5.74, 6) is 3.01. The zero-order valence-corrected chi connectivity index (χ0v) is 10.9. The normalized spacial score (nSPS) is 41.4. The van der Waals surface area contributed by atoms with Gasteiger partial charge in [-0.15, -0.1) is 0 Å². The third kappa shape index (κ3) is 2.40. The first-order valence-corrected chi connectivity index (χ1v) is 7.12. The predicted molar refractivity (Wildman–Crippen MR) is 66.9 cm³/mol. The molecule has 0 aromatic heterocycles. The summed E-state index contributed by atoms with van der Waals surface area (Å²) in [6, 6.07) is 0. The fourth-order valence-electron chi connectivity index (χ4n) is 4.43. The molecule has 2 saturated carbocycles. The molecule has 2 aliphatic rings. The standard InChI is InChI=1S/C15H28/c1-12-7-8-14(13(2)11-12)15(3)9-5-4-6-10-15/h12-14H,4-11H2,1-3H3. The van der Waals surface area contributed by atoms with E-state index in [1.165, 1.54) is 51.4 Å². The van der Waals surface area contributed by atoms with Crippen LogP contribution in [0.1, 0.15) is 72.1 Å². The van der Waals surface area contributed by atoms with Crippen molar-refractivity contribution in [2.75, 3.05) is 0 Å². The summed E-state index contributed by atoms with van der Waals surface area (Å²) in [6.45, 7) is 7.54. The predicted octanol–water partition coefficient (Wildman–Crippen LogP) is 5.03. The Morgan fingerprint density at radius 1 is 0.933 bits per heavy atom. The summed E-state index contributed by atoms with van der Waals surface area (Å²) < 4.78 is 0. The van der Waals surface area contributed by atoms with E-state index in [-0.39, 0.29) is 0 Å². The van der Waals surface area contributed by atoms with E-state index in [1.807, 2.05) is 0 Å². The van der Waals surface area contributed by atoms with Crippen molar-refractivity contribution in [2.24, 2.45) is 23.2 Å². The van der Waals surface area contributed by atoms with Gasteiger partial charge in [0.05, 0.1) is 0 Å². The van der Waals surface area contributed by atoms with Gasteiger partial charge in [0.15, 0.2) is 0 Å². The van der Waals surface area contributed by atoms with Crippen molar-refractivity contribution in [1.29, 1.82) is 0 Å². The minimum atomic E-state index is 0.706. The lowest BCUT2D eigenvalue weighted by molar-refractivity contribution is 0.0351. The van der Waals surface area contributed by atoms with Crippen molar-refractivity contribution in [3.63, 3.8) is 0 Å². The molecule has 3 unspecified atom stereocenters. The molecule has 0 heteroatoms. The van der Waals surface area contributed by atoms with E-state index >= 15 is 0 Å². The third-order valence-corrected chi connectivity index (χ3v) is 5.32. The van der Waals surface area contributed by atoms with Gasteiger partial charge < -0.3 is 0 Å². The molecule has 0 aliphatic heterocycles. The van der Waals surface area contributed by atoms with Crippen LogP contribution in [0.3, 0.4) is 0 Å². The van der Waals surface area contributed by atoms with Crippen LogP contribution in [0.5, 0.6) is 0 Å². The van der Waals surface area contributed by atoms with Crippen LogP contribution in [-0.2, 0) is 0 Å². The Kier molecular flexibility index (Phi) is 3.42. The number of rotatable bonds is 1. The molecule has 0 saturated heterocycles. The van der Waals surface area contributed by atoms with Crippen LogP contribution in [0.4, 0.5) is 0 Å². The highest BCUT2D eigenvalue weighted by Crippen LogP contribution is 2.50. The Labute approximate surface area is 95.8 Å². The van der Waals surface area contributed by atoms with Gasteiger partial charge in [-0.25, -0.2) is 0 Å². The molecule has 0 radical (unpaired) electrons. The summed E-state index contributed by atoms with van der Waals surface area (Å²) in [4.78, 5) is 0. The lowest BCUT2D eigenvalue weighted by atomic mass is 9.58. The summed E-state index contributed by atoms with van der Waals surface area (Å²) in [6.07, 6.45) is 12.0. The summed E-state index contributed by atoms with van der Waals surface area (Å²) in [7, 11) is 0. The van der Waals surface area contributed by atoms with Crippen molar-refractivity contribution in [2.45, 2.75) is 72.1 Å². The number of hydrogen-bond donors (Lipinski definition) is 0. The van der Waals surface area contributed by atoms with Crippen LogP contribution in [0, 0.1) is 23.2 Å². The van der Waals surface area contributed by atoms with E-state index in [9.17, 15) is 0 Å². The highest BCUT2D eigenvalue weighted by Gasteiger charge is 2.40. The van der Waals surface area contributed by atoms with E-state index in [4.69, 9.17) is 0 Å². The van der Waals surface area contributed by atoms with Gasteiger partial charge in [-0.1, -0.05) is 46.5 Å². The average molecular weight is 208 g/mol. The van der Waals surface area contributed by atoms with Gasteiger partial charge in [-0.3, -0.25) is 0 Å². The summed E-state index contributed by atoms with van der Waals surface area (Å²) in [5, 5.41) is 0. The molecule has 0 bridgehead atoms. The lowest BCUT2D eigenvalue weighted by Gasteiger charge is -2.47. The van der Waals surface area contributed by atoms with Gasteiger partial charge in [0, 0.05) is 0 Å². The molecule has 0 aromatic rings. The maximum atomic E-state index is 2.59. The van der Waals surface area contributed by atoms with Crippen molar-refractivity contribution < 1.29 is 0 Å². The molecular formula is C15H28. The van der Waals surface area contributed by atoms with Gasteiger partial charge in [0.1, 0.15) is 0 Å². The molecule has 2 fully saturated rings. The van der Waals surface area contributed by atoms with Crippen LogP contribution >= 0.6 is 0 Å². The Bertz CT molecular complexity index is 200. The Morgan fingerprint density at radius 3 is 2.20 bits per heavy atom. The first kappa shape index (κ1) is 11.5. The van der Waals surface area contributed by atoms with E-state index in [2.05, 4.69) is 20.8 Å². The van der Waals surface area contributed by atoms with Crippen molar-refractivity contribution in [3.05, 3.63) is 0 Å². The molecule has 3 atom stereocenters. The highest BCUT2D eigenvalue weighted by atomic mass is 14.4. The van der Waals surface area contributed by atoms with Crippen molar-refractivity contribution in [3.8, 4) is 0 Å². The van der Waals surface area contributed by atoms with Crippen LogP contribution in [0.25, 0.3) is 0 Å². The van der Waals surface area contributed by atoms with E-state index in [0.717, 1.165) is 17.8 Å². The molecule has 0 spiro atoms. The monoisotopic (exact) mass is 208 g/mol. The second-order valence-electron chi connectivity index (χ2n) is 6.72. The third-order valence-electron chi connectivity index (χ3n) is 5.32. The quantitative estimate of drug-likeness (QED) is 0.567. The van der Waals surface area contributed by atoms with Gasteiger partial charge in [0.25, 0.3) is 0 Å². The first-order chi connectivity index (χ1) is 7.12. The maximum Gasteiger partial charge on any atom is -0.0295 e. The van der Waals surface area contributed by atoms with Gasteiger partial charge in [0.2, 0.25) is 0 Å². The summed E-state index contributed by atoms with van der Waals surface area (Å²) in [5.41, 5.74) is 0.706. The highest BCUT2D eigenvalue weighted by molar-refractivity contribution is 4.90. The summed E-state index contributed by atoms with van der Waals surface area (Å²) >= 11 is 0. The molecule has 88 valence electrons. The zero-order chi connectivity index (χ0) is 10.9. The second-order valence-corrected chi connectivity index (χ2v) is 6.72. The molecule has 0 N–H and O–H groups in total. The minimum absolute atomic E-state index is 0.706. The van der Waals surface area contributed by atoms with Crippen molar-refractivity contribution in [1.82, 2.24) is 0 Å². The van der Waals surface area contributed by atoms with E-state index in [0.29, 0.717) is 5.41 Å². The Hall–Kier alpha value is 0. The molecule has 0 amide bonds. The number of hydrogen-bond acceptors (Lipinski definition) is 0. The maximum absolute atomic E-state index is 2.59. The van der Waals surface area contributed by atoms with Crippen LogP contribution in [-0.4, -0.2) is 0 Å². The molecule has 0 aromatic carbocycles. The van der Waals surface area contributed by atoms with Crippen LogP contribution in [0.2, 0.25) is 0 Å². The van der Waals surface area contributed by atoms with Crippen LogP contribution < -0.4 is 0 Å². The lowest BCUT2D eigenvalue weighted by Crippen LogP contribution is -2.37. The Morgan fingerprint density at radius 2 is 1.60 bits per heavy atom. The van der Waals surface area contributed by atoms with Crippen LogP contribution in [0.15, 0.2) is 0 Å². The smallest absolute Gasteiger partial charge is 0.0295 e. The average Bonchev–Trinajstić information content (AvgIpc) is 2.18. The topological polar surface area (TPSA) is 0 Å².